The van der Waals surface area contributed by atoms with Crippen LogP contribution in [-0.4, -0.2) is 27.8 Å². The molecule has 0 atom stereocenters. The molecule has 28 heavy (non-hydrogen) atoms. The zero-order valence-corrected chi connectivity index (χ0v) is 16.6. The van der Waals surface area contributed by atoms with Crippen molar-refractivity contribution in [2.24, 2.45) is 0 Å². The molecule has 6 nitrogen and oxygen atoms in total. The van der Waals surface area contributed by atoms with Gasteiger partial charge in [0.25, 0.3) is 5.91 Å². The van der Waals surface area contributed by atoms with E-state index in [2.05, 4.69) is 20.8 Å². The third-order valence-electron chi connectivity index (χ3n) is 3.65. The molecule has 0 saturated carbocycles. The van der Waals surface area contributed by atoms with Crippen LogP contribution < -0.4 is 10.6 Å². The lowest BCUT2D eigenvalue weighted by atomic mass is 10.1. The van der Waals surface area contributed by atoms with Gasteiger partial charge in [0, 0.05) is 16.3 Å². The minimum absolute atomic E-state index is 0.175. The van der Waals surface area contributed by atoms with Gasteiger partial charge in [0.1, 0.15) is 5.03 Å². The average molecular weight is 413 g/mol. The van der Waals surface area contributed by atoms with Gasteiger partial charge in [-0.25, -0.2) is 0 Å². The van der Waals surface area contributed by atoms with Gasteiger partial charge in [0.05, 0.1) is 5.75 Å². The quantitative estimate of drug-likeness (QED) is 0.585. The number of rotatable bonds is 6. The van der Waals surface area contributed by atoms with Crippen molar-refractivity contribution in [2.75, 3.05) is 16.4 Å². The molecule has 1 aromatic heterocycles. The van der Waals surface area contributed by atoms with Crippen LogP contribution >= 0.6 is 23.4 Å². The Morgan fingerprint density at radius 2 is 1.79 bits per heavy atom. The van der Waals surface area contributed by atoms with Gasteiger partial charge in [0.2, 0.25) is 5.91 Å². The zero-order chi connectivity index (χ0) is 19.9. The predicted molar refractivity (Wildman–Crippen MR) is 112 cm³/mol. The Labute approximate surface area is 171 Å². The molecule has 3 aromatic rings. The summed E-state index contributed by atoms with van der Waals surface area (Å²) in [5.41, 5.74) is 2.26. The molecule has 2 aromatic carbocycles. The molecule has 0 bridgehead atoms. The second kappa shape index (κ2) is 9.34. The van der Waals surface area contributed by atoms with Gasteiger partial charge in [-0.05, 0) is 49.4 Å². The van der Waals surface area contributed by atoms with Crippen LogP contribution in [-0.2, 0) is 4.79 Å². The highest BCUT2D eigenvalue weighted by Gasteiger charge is 2.09. The van der Waals surface area contributed by atoms with E-state index in [1.807, 2.05) is 19.1 Å². The van der Waals surface area contributed by atoms with E-state index in [1.54, 1.807) is 48.5 Å². The third-order valence-corrected chi connectivity index (χ3v) is 4.81. The number of thioether (sulfide) groups is 1. The number of aromatic nitrogens is 2. The first kappa shape index (κ1) is 19.9. The topological polar surface area (TPSA) is 84.0 Å². The maximum atomic E-state index is 12.2. The van der Waals surface area contributed by atoms with Crippen molar-refractivity contribution >= 4 is 46.7 Å². The fourth-order valence-corrected chi connectivity index (χ4v) is 3.06. The summed E-state index contributed by atoms with van der Waals surface area (Å²) in [6.07, 6.45) is 0. The first-order valence-electron chi connectivity index (χ1n) is 8.39. The Kier molecular flexibility index (Phi) is 6.62. The van der Waals surface area contributed by atoms with Crippen LogP contribution in [0.2, 0.25) is 5.02 Å². The molecular formula is C20H17ClN4O2S. The van der Waals surface area contributed by atoms with Crippen molar-refractivity contribution in [3.63, 3.8) is 0 Å². The van der Waals surface area contributed by atoms with Gasteiger partial charge in [-0.15, -0.1) is 10.2 Å². The van der Waals surface area contributed by atoms with E-state index in [4.69, 9.17) is 11.6 Å². The number of nitrogens with one attached hydrogen (secondary N) is 2. The molecule has 0 radical (unpaired) electrons. The molecule has 0 unspecified atom stereocenters. The molecule has 0 fully saturated rings. The van der Waals surface area contributed by atoms with Crippen molar-refractivity contribution in [1.82, 2.24) is 10.2 Å². The minimum atomic E-state index is -0.254. The summed E-state index contributed by atoms with van der Waals surface area (Å²) in [4.78, 5) is 24.2. The summed E-state index contributed by atoms with van der Waals surface area (Å²) in [5, 5.41) is 14.6. The van der Waals surface area contributed by atoms with Crippen LogP contribution in [0.15, 0.2) is 65.7 Å². The van der Waals surface area contributed by atoms with Gasteiger partial charge >= 0.3 is 0 Å². The number of hydrogen-bond acceptors (Lipinski definition) is 5. The maximum Gasteiger partial charge on any atom is 0.256 e. The highest BCUT2D eigenvalue weighted by Crippen LogP contribution is 2.18. The van der Waals surface area contributed by atoms with Crippen molar-refractivity contribution in [1.29, 1.82) is 0 Å². The van der Waals surface area contributed by atoms with Crippen LogP contribution in [0.1, 0.15) is 15.9 Å². The number of nitrogens with zero attached hydrogens (tertiary/aromatic N) is 2. The van der Waals surface area contributed by atoms with Crippen molar-refractivity contribution < 1.29 is 9.59 Å². The Bertz CT molecular complexity index is 978. The number of benzene rings is 2. The third kappa shape index (κ3) is 5.80. The lowest BCUT2D eigenvalue weighted by Crippen LogP contribution is -2.14. The predicted octanol–water partition coefficient (Wildman–Crippen LogP) is 4.42. The first-order chi connectivity index (χ1) is 13.5. The van der Waals surface area contributed by atoms with Gasteiger partial charge in [-0.2, -0.15) is 0 Å². The van der Waals surface area contributed by atoms with E-state index < -0.39 is 0 Å². The minimum Gasteiger partial charge on any atom is -0.325 e. The Balaban J connectivity index is 1.50. The van der Waals surface area contributed by atoms with Crippen LogP contribution in [0.5, 0.6) is 0 Å². The van der Waals surface area contributed by atoms with Crippen molar-refractivity contribution in [3.05, 3.63) is 76.8 Å². The van der Waals surface area contributed by atoms with Crippen LogP contribution in [0, 0.1) is 6.92 Å². The molecular weight excluding hydrogens is 396 g/mol. The number of aryl methyl sites for hydroxylation is 1. The zero-order valence-electron chi connectivity index (χ0n) is 15.0. The van der Waals surface area contributed by atoms with Gasteiger partial charge in [-0.1, -0.05) is 47.1 Å². The summed E-state index contributed by atoms with van der Waals surface area (Å²) in [6, 6.07) is 17.5. The SMILES string of the molecule is Cc1ccc(C(=O)Nc2ccc(SCC(=O)Nc3cccc(Cl)c3)nn2)cc1. The summed E-state index contributed by atoms with van der Waals surface area (Å²) in [5.74, 6) is 0.0933. The largest absolute Gasteiger partial charge is 0.325 e. The van der Waals surface area contributed by atoms with Crippen molar-refractivity contribution in [2.45, 2.75) is 11.9 Å². The highest BCUT2D eigenvalue weighted by atomic mass is 35.5. The fraction of sp³-hybridized carbons (Fsp3) is 0.100. The van der Waals surface area contributed by atoms with Gasteiger partial charge in [0.15, 0.2) is 5.82 Å². The van der Waals surface area contributed by atoms with Crippen molar-refractivity contribution in [3.8, 4) is 0 Å². The Hall–Kier alpha value is -2.90. The number of carbonyl (C=O) groups is 2. The molecule has 0 saturated heterocycles. The van der Waals surface area contributed by atoms with E-state index >= 15 is 0 Å². The van der Waals surface area contributed by atoms with E-state index in [9.17, 15) is 9.59 Å². The normalized spacial score (nSPS) is 10.4. The lowest BCUT2D eigenvalue weighted by molar-refractivity contribution is -0.113. The number of amides is 2. The first-order valence-corrected chi connectivity index (χ1v) is 9.76. The lowest BCUT2D eigenvalue weighted by Gasteiger charge is -2.06. The molecule has 8 heteroatoms. The highest BCUT2D eigenvalue weighted by molar-refractivity contribution is 7.99. The molecule has 1 heterocycles. The summed E-state index contributed by atoms with van der Waals surface area (Å²) < 4.78 is 0. The molecule has 0 spiro atoms. The fourth-order valence-electron chi connectivity index (χ4n) is 2.26. The van der Waals surface area contributed by atoms with Crippen LogP contribution in [0.4, 0.5) is 11.5 Å². The molecule has 0 aliphatic carbocycles. The molecule has 3 rings (SSSR count). The molecule has 0 aliphatic rings. The standard InChI is InChI=1S/C20H17ClN4O2S/c1-13-5-7-14(8-6-13)20(27)23-17-9-10-19(25-24-17)28-12-18(26)22-16-4-2-3-15(21)11-16/h2-11H,12H2,1H3,(H,22,26)(H,23,24,27). The average Bonchev–Trinajstić information content (AvgIpc) is 2.68. The van der Waals surface area contributed by atoms with E-state index in [1.165, 1.54) is 11.8 Å². The number of carbonyl (C=O) groups excluding carboxylic acids is 2. The second-order valence-corrected chi connectivity index (χ2v) is 7.36. The number of hydrogen-bond donors (Lipinski definition) is 2. The summed E-state index contributed by atoms with van der Waals surface area (Å²) in [7, 11) is 0. The van der Waals surface area contributed by atoms with E-state index in [-0.39, 0.29) is 17.6 Å². The monoisotopic (exact) mass is 412 g/mol. The summed E-state index contributed by atoms with van der Waals surface area (Å²) >= 11 is 7.14. The van der Waals surface area contributed by atoms with E-state index in [0.29, 0.717) is 27.1 Å². The Morgan fingerprint density at radius 3 is 2.46 bits per heavy atom. The van der Waals surface area contributed by atoms with Gasteiger partial charge < -0.3 is 10.6 Å². The molecule has 2 N–H and O–H groups in total. The molecule has 0 aliphatic heterocycles. The molecule has 142 valence electrons. The van der Waals surface area contributed by atoms with E-state index in [0.717, 1.165) is 5.56 Å². The summed E-state index contributed by atoms with van der Waals surface area (Å²) in [6.45, 7) is 1.96. The number of halogens is 1. The van der Waals surface area contributed by atoms with Gasteiger partial charge in [-0.3, -0.25) is 9.59 Å². The Morgan fingerprint density at radius 1 is 1.00 bits per heavy atom. The smallest absolute Gasteiger partial charge is 0.256 e. The van der Waals surface area contributed by atoms with Crippen LogP contribution in [0.3, 0.4) is 0 Å². The maximum absolute atomic E-state index is 12.2. The number of anilines is 2. The second-order valence-electron chi connectivity index (χ2n) is 5.92. The molecule has 2 amide bonds. The van der Waals surface area contributed by atoms with Crippen LogP contribution in [0.25, 0.3) is 0 Å².